The summed E-state index contributed by atoms with van der Waals surface area (Å²) in [6.07, 6.45) is 1.42. The predicted molar refractivity (Wildman–Crippen MR) is 104 cm³/mol. The molecule has 0 bridgehead atoms. The van der Waals surface area contributed by atoms with Crippen LogP contribution in [0.5, 0.6) is 0 Å². The molecule has 10 heteroatoms. The zero-order valence-electron chi connectivity index (χ0n) is 14.3. The molecule has 0 amide bonds. The number of nitrogens with zero attached hydrogens (tertiary/aromatic N) is 3. The fourth-order valence-electron chi connectivity index (χ4n) is 2.88. The summed E-state index contributed by atoms with van der Waals surface area (Å²) >= 11 is 9.16. The van der Waals surface area contributed by atoms with E-state index in [2.05, 4.69) is 20.9 Å². The smallest absolute Gasteiger partial charge is 0.246 e. The lowest BCUT2D eigenvalue weighted by molar-refractivity contribution is 0.101. The van der Waals surface area contributed by atoms with Crippen molar-refractivity contribution >= 4 is 49.0 Å². The molecule has 0 spiro atoms. The lowest BCUT2D eigenvalue weighted by Gasteiger charge is -2.35. The van der Waals surface area contributed by atoms with Crippen LogP contribution in [0.15, 0.2) is 39.8 Å². The van der Waals surface area contributed by atoms with Gasteiger partial charge in [-0.2, -0.15) is 4.31 Å². The van der Waals surface area contributed by atoms with Gasteiger partial charge >= 0.3 is 0 Å². The van der Waals surface area contributed by atoms with Crippen LogP contribution in [0.2, 0.25) is 5.15 Å². The second kappa shape index (κ2) is 7.83. The van der Waals surface area contributed by atoms with Gasteiger partial charge in [0.15, 0.2) is 5.78 Å². The number of benzene rings is 1. The number of hydrogen-bond donors (Lipinski definition) is 0. The van der Waals surface area contributed by atoms with E-state index in [0.29, 0.717) is 28.8 Å². The van der Waals surface area contributed by atoms with E-state index in [0.717, 1.165) is 0 Å². The lowest BCUT2D eigenvalue weighted by Crippen LogP contribution is -2.49. The van der Waals surface area contributed by atoms with E-state index >= 15 is 0 Å². The van der Waals surface area contributed by atoms with Gasteiger partial charge in [0.05, 0.1) is 5.69 Å². The van der Waals surface area contributed by atoms with E-state index in [1.54, 1.807) is 17.0 Å². The molecular formula is C17H16BrClFN3O3S. The van der Waals surface area contributed by atoms with Gasteiger partial charge in [0.2, 0.25) is 10.0 Å². The first-order chi connectivity index (χ1) is 12.7. The number of Topliss-reactive ketones (excluding diaryl/α,β-unsaturated/α-hetero) is 1. The van der Waals surface area contributed by atoms with E-state index in [1.807, 2.05) is 0 Å². The molecule has 3 rings (SSSR count). The molecular weight excluding hydrogens is 461 g/mol. The average molecular weight is 477 g/mol. The summed E-state index contributed by atoms with van der Waals surface area (Å²) in [6.45, 7) is 2.36. The normalized spacial score (nSPS) is 15.8. The first-order valence-corrected chi connectivity index (χ1v) is 10.7. The van der Waals surface area contributed by atoms with Gasteiger partial charge in [-0.3, -0.25) is 4.79 Å². The second-order valence-corrected chi connectivity index (χ2v) is 9.24. The number of piperazine rings is 1. The van der Waals surface area contributed by atoms with Gasteiger partial charge in [-0.1, -0.05) is 11.6 Å². The number of carbonyl (C=O) groups excluding carboxylic acids is 1. The van der Waals surface area contributed by atoms with Gasteiger partial charge < -0.3 is 4.90 Å². The zero-order valence-corrected chi connectivity index (χ0v) is 17.5. The van der Waals surface area contributed by atoms with Crippen molar-refractivity contribution in [3.8, 4) is 0 Å². The van der Waals surface area contributed by atoms with Crippen LogP contribution >= 0.6 is 27.5 Å². The maximum absolute atomic E-state index is 14.3. The van der Waals surface area contributed by atoms with Gasteiger partial charge in [0, 0.05) is 42.4 Å². The number of pyridine rings is 1. The molecule has 1 aliphatic heterocycles. The highest BCUT2D eigenvalue weighted by atomic mass is 79.9. The quantitative estimate of drug-likeness (QED) is 0.500. The van der Waals surface area contributed by atoms with Crippen LogP contribution in [0, 0.1) is 5.82 Å². The van der Waals surface area contributed by atoms with Crippen LogP contribution in [0.1, 0.15) is 17.3 Å². The van der Waals surface area contributed by atoms with E-state index in [1.165, 1.54) is 29.6 Å². The Balaban J connectivity index is 1.77. The van der Waals surface area contributed by atoms with Crippen molar-refractivity contribution in [1.29, 1.82) is 0 Å². The molecule has 1 aromatic carbocycles. The molecule has 6 nitrogen and oxygen atoms in total. The van der Waals surface area contributed by atoms with Crippen LogP contribution in [-0.2, 0) is 10.0 Å². The van der Waals surface area contributed by atoms with Crippen molar-refractivity contribution in [1.82, 2.24) is 9.29 Å². The number of sulfonamides is 1. The van der Waals surface area contributed by atoms with Crippen molar-refractivity contribution in [3.63, 3.8) is 0 Å². The highest BCUT2D eigenvalue weighted by Crippen LogP contribution is 2.28. The van der Waals surface area contributed by atoms with Gasteiger partial charge in [0.25, 0.3) is 0 Å². The Morgan fingerprint density at radius 1 is 1.22 bits per heavy atom. The van der Waals surface area contributed by atoms with Gasteiger partial charge in [-0.25, -0.2) is 17.8 Å². The third-order valence-corrected chi connectivity index (χ3v) is 7.08. The van der Waals surface area contributed by atoms with Crippen LogP contribution in [0.25, 0.3) is 0 Å². The molecule has 0 aliphatic carbocycles. The molecule has 2 heterocycles. The summed E-state index contributed by atoms with van der Waals surface area (Å²) in [4.78, 5) is 16.9. The molecule has 0 unspecified atom stereocenters. The molecule has 1 saturated heterocycles. The SMILES string of the molecule is CC(=O)c1ccc(N2CCN(S(=O)(=O)c3cc(Br)cnc3Cl)CC2)c(F)c1. The number of halogens is 3. The Labute approximate surface area is 170 Å². The van der Waals surface area contributed by atoms with Crippen molar-refractivity contribution in [3.05, 3.63) is 51.5 Å². The first kappa shape index (κ1) is 20.2. The summed E-state index contributed by atoms with van der Waals surface area (Å²) in [5, 5.41) is -0.0912. The predicted octanol–water partition coefficient (Wildman–Crippen LogP) is 3.35. The van der Waals surface area contributed by atoms with Crippen LogP contribution in [0.3, 0.4) is 0 Å². The number of carbonyl (C=O) groups is 1. The maximum atomic E-state index is 14.3. The standard InChI is InChI=1S/C17H16BrClFN3O3S/c1-11(24)12-2-3-15(14(20)8-12)22-4-6-23(7-5-22)27(25,26)16-9-13(18)10-21-17(16)19/h2-3,8-10H,4-7H2,1H3. The number of hydrogen-bond acceptors (Lipinski definition) is 5. The van der Waals surface area contributed by atoms with Crippen LogP contribution in [0.4, 0.5) is 10.1 Å². The molecule has 0 saturated carbocycles. The second-order valence-electron chi connectivity index (χ2n) is 6.06. The Bertz CT molecular complexity index is 995. The minimum absolute atomic E-state index is 0.0658. The third-order valence-electron chi connectivity index (χ3n) is 4.32. The summed E-state index contributed by atoms with van der Waals surface area (Å²) in [6, 6.07) is 5.73. The first-order valence-electron chi connectivity index (χ1n) is 8.07. The Hall–Kier alpha value is -1.55. The minimum Gasteiger partial charge on any atom is -0.367 e. The fourth-order valence-corrected chi connectivity index (χ4v) is 5.22. The molecule has 1 aromatic heterocycles. The van der Waals surface area contributed by atoms with Crippen molar-refractivity contribution in [2.45, 2.75) is 11.8 Å². The average Bonchev–Trinajstić information content (AvgIpc) is 2.63. The molecule has 1 aliphatic rings. The van der Waals surface area contributed by atoms with Crippen molar-refractivity contribution in [2.24, 2.45) is 0 Å². The number of anilines is 1. The Kier molecular flexibility index (Phi) is 5.85. The maximum Gasteiger partial charge on any atom is 0.246 e. The Morgan fingerprint density at radius 3 is 2.48 bits per heavy atom. The zero-order chi connectivity index (χ0) is 19.8. The summed E-state index contributed by atoms with van der Waals surface area (Å²) in [5.74, 6) is -0.714. The Morgan fingerprint density at radius 2 is 1.89 bits per heavy atom. The van der Waals surface area contributed by atoms with E-state index in [4.69, 9.17) is 11.6 Å². The lowest BCUT2D eigenvalue weighted by atomic mass is 10.1. The number of ketones is 1. The third kappa shape index (κ3) is 4.16. The molecule has 0 radical (unpaired) electrons. The van der Waals surface area contributed by atoms with Crippen LogP contribution < -0.4 is 4.90 Å². The number of aromatic nitrogens is 1. The topological polar surface area (TPSA) is 70.6 Å². The molecule has 0 N–H and O–H groups in total. The largest absolute Gasteiger partial charge is 0.367 e. The van der Waals surface area contributed by atoms with E-state index in [-0.39, 0.29) is 28.9 Å². The highest BCUT2D eigenvalue weighted by Gasteiger charge is 2.31. The molecule has 0 atom stereocenters. The summed E-state index contributed by atoms with van der Waals surface area (Å²) < 4.78 is 41.8. The van der Waals surface area contributed by atoms with Gasteiger partial charge in [-0.15, -0.1) is 0 Å². The molecule has 1 fully saturated rings. The van der Waals surface area contributed by atoms with Gasteiger partial charge in [-0.05, 0) is 47.1 Å². The van der Waals surface area contributed by atoms with Crippen molar-refractivity contribution in [2.75, 3.05) is 31.1 Å². The van der Waals surface area contributed by atoms with Crippen molar-refractivity contribution < 1.29 is 17.6 Å². The summed E-state index contributed by atoms with van der Waals surface area (Å²) in [7, 11) is -3.81. The summed E-state index contributed by atoms with van der Waals surface area (Å²) in [5.41, 5.74) is 0.647. The van der Waals surface area contributed by atoms with Crippen LogP contribution in [-0.4, -0.2) is 49.7 Å². The highest BCUT2D eigenvalue weighted by molar-refractivity contribution is 9.10. The molecule has 144 valence electrons. The monoisotopic (exact) mass is 475 g/mol. The molecule has 27 heavy (non-hydrogen) atoms. The number of rotatable bonds is 4. The van der Waals surface area contributed by atoms with E-state index < -0.39 is 15.8 Å². The van der Waals surface area contributed by atoms with Gasteiger partial charge in [0.1, 0.15) is 15.9 Å². The fraction of sp³-hybridized carbons (Fsp3) is 0.294. The van der Waals surface area contributed by atoms with E-state index in [9.17, 15) is 17.6 Å². The molecule has 2 aromatic rings. The minimum atomic E-state index is -3.81.